The molecule has 0 spiro atoms. The van der Waals surface area contributed by atoms with Crippen molar-refractivity contribution >= 4 is 28.9 Å². The summed E-state index contributed by atoms with van der Waals surface area (Å²) in [7, 11) is 0. The SMILES string of the molecule is O=C(Nc1ccc(F)c(F)c1)c1ccc(NCCc2cccc(Cl)c2)cn1. The minimum Gasteiger partial charge on any atom is -0.383 e. The molecule has 0 fully saturated rings. The Morgan fingerprint density at radius 2 is 1.81 bits per heavy atom. The third kappa shape index (κ3) is 5.24. The first kappa shape index (κ1) is 18.8. The second kappa shape index (κ2) is 8.60. The van der Waals surface area contributed by atoms with E-state index in [9.17, 15) is 13.6 Å². The lowest BCUT2D eigenvalue weighted by molar-refractivity contribution is 0.102. The first-order valence-electron chi connectivity index (χ1n) is 8.22. The molecular weight excluding hydrogens is 372 g/mol. The first-order valence-corrected chi connectivity index (χ1v) is 8.60. The molecule has 3 rings (SSSR count). The Morgan fingerprint density at radius 1 is 1.00 bits per heavy atom. The number of hydrogen-bond acceptors (Lipinski definition) is 3. The quantitative estimate of drug-likeness (QED) is 0.631. The maximum atomic E-state index is 13.2. The van der Waals surface area contributed by atoms with Crippen LogP contribution in [0, 0.1) is 11.6 Å². The Kier molecular flexibility index (Phi) is 5.98. The van der Waals surface area contributed by atoms with E-state index in [1.165, 1.54) is 12.3 Å². The van der Waals surface area contributed by atoms with Gasteiger partial charge in [0, 0.05) is 23.3 Å². The molecule has 0 aliphatic rings. The summed E-state index contributed by atoms with van der Waals surface area (Å²) in [5.41, 5.74) is 2.21. The van der Waals surface area contributed by atoms with Crippen LogP contribution in [-0.2, 0) is 6.42 Å². The smallest absolute Gasteiger partial charge is 0.274 e. The normalized spacial score (nSPS) is 10.5. The van der Waals surface area contributed by atoms with Gasteiger partial charge in [-0.3, -0.25) is 4.79 Å². The molecule has 7 heteroatoms. The molecule has 2 N–H and O–H groups in total. The lowest BCUT2D eigenvalue weighted by Crippen LogP contribution is -2.14. The third-order valence-electron chi connectivity index (χ3n) is 3.81. The van der Waals surface area contributed by atoms with Gasteiger partial charge in [-0.25, -0.2) is 13.8 Å². The first-order chi connectivity index (χ1) is 13.0. The number of pyridine rings is 1. The zero-order valence-electron chi connectivity index (χ0n) is 14.2. The van der Waals surface area contributed by atoms with E-state index in [2.05, 4.69) is 15.6 Å². The molecular formula is C20H16ClF2N3O. The van der Waals surface area contributed by atoms with Crippen LogP contribution in [-0.4, -0.2) is 17.4 Å². The van der Waals surface area contributed by atoms with Crippen LogP contribution < -0.4 is 10.6 Å². The highest BCUT2D eigenvalue weighted by molar-refractivity contribution is 6.30. The number of aromatic nitrogens is 1. The lowest BCUT2D eigenvalue weighted by Gasteiger charge is -2.08. The van der Waals surface area contributed by atoms with E-state index in [1.54, 1.807) is 12.1 Å². The van der Waals surface area contributed by atoms with Crippen molar-refractivity contribution in [2.45, 2.75) is 6.42 Å². The molecule has 138 valence electrons. The maximum absolute atomic E-state index is 13.2. The van der Waals surface area contributed by atoms with Crippen LogP contribution >= 0.6 is 11.6 Å². The van der Waals surface area contributed by atoms with Crippen LogP contribution in [0.25, 0.3) is 0 Å². The fraction of sp³-hybridized carbons (Fsp3) is 0.100. The summed E-state index contributed by atoms with van der Waals surface area (Å²) in [6.45, 7) is 0.683. The standard InChI is InChI=1S/C20H16ClF2N3O/c21-14-3-1-2-13(10-14)8-9-24-16-5-7-19(25-12-16)20(27)26-15-4-6-17(22)18(23)11-15/h1-7,10-12,24H,8-9H2,(H,26,27). The Morgan fingerprint density at radius 3 is 2.52 bits per heavy atom. The van der Waals surface area contributed by atoms with Gasteiger partial charge in [0.15, 0.2) is 11.6 Å². The molecule has 4 nitrogen and oxygen atoms in total. The summed E-state index contributed by atoms with van der Waals surface area (Å²) in [4.78, 5) is 16.2. The van der Waals surface area contributed by atoms with Crippen LogP contribution in [0.4, 0.5) is 20.2 Å². The Balaban J connectivity index is 1.54. The molecule has 1 amide bonds. The molecule has 0 saturated carbocycles. The van der Waals surface area contributed by atoms with Gasteiger partial charge in [0.1, 0.15) is 5.69 Å². The van der Waals surface area contributed by atoms with Crippen molar-refractivity contribution in [2.24, 2.45) is 0 Å². The van der Waals surface area contributed by atoms with Gasteiger partial charge in [0.25, 0.3) is 5.91 Å². The van der Waals surface area contributed by atoms with Crippen LogP contribution in [0.5, 0.6) is 0 Å². The average molecular weight is 388 g/mol. The maximum Gasteiger partial charge on any atom is 0.274 e. The predicted octanol–water partition coefficient (Wildman–Crippen LogP) is 4.92. The molecule has 0 aliphatic carbocycles. The number of benzene rings is 2. The predicted molar refractivity (Wildman–Crippen MR) is 102 cm³/mol. The van der Waals surface area contributed by atoms with Crippen molar-refractivity contribution in [2.75, 3.05) is 17.2 Å². The van der Waals surface area contributed by atoms with E-state index in [4.69, 9.17) is 11.6 Å². The van der Waals surface area contributed by atoms with E-state index < -0.39 is 17.5 Å². The van der Waals surface area contributed by atoms with Crippen molar-refractivity contribution in [1.82, 2.24) is 4.98 Å². The van der Waals surface area contributed by atoms with E-state index in [0.717, 1.165) is 29.8 Å². The van der Waals surface area contributed by atoms with Gasteiger partial charge < -0.3 is 10.6 Å². The number of carbonyl (C=O) groups is 1. The van der Waals surface area contributed by atoms with Gasteiger partial charge in [0.05, 0.1) is 11.9 Å². The molecule has 0 aliphatic heterocycles. The second-order valence-electron chi connectivity index (χ2n) is 5.82. The van der Waals surface area contributed by atoms with Gasteiger partial charge >= 0.3 is 0 Å². The Labute approximate surface area is 160 Å². The summed E-state index contributed by atoms with van der Waals surface area (Å²) in [6, 6.07) is 14.1. The summed E-state index contributed by atoms with van der Waals surface area (Å²) in [6.07, 6.45) is 2.33. The van der Waals surface area contributed by atoms with Gasteiger partial charge in [-0.2, -0.15) is 0 Å². The highest BCUT2D eigenvalue weighted by Crippen LogP contribution is 2.15. The monoisotopic (exact) mass is 387 g/mol. The van der Waals surface area contributed by atoms with Gasteiger partial charge in [0.2, 0.25) is 0 Å². The van der Waals surface area contributed by atoms with Crippen molar-refractivity contribution < 1.29 is 13.6 Å². The van der Waals surface area contributed by atoms with E-state index >= 15 is 0 Å². The summed E-state index contributed by atoms with van der Waals surface area (Å²) in [5.74, 6) is -2.51. The van der Waals surface area contributed by atoms with Crippen LogP contribution in [0.2, 0.25) is 5.02 Å². The average Bonchev–Trinajstić information content (AvgIpc) is 2.65. The van der Waals surface area contributed by atoms with Crippen LogP contribution in [0.1, 0.15) is 16.1 Å². The molecule has 2 aromatic carbocycles. The summed E-state index contributed by atoms with van der Waals surface area (Å²) < 4.78 is 26.1. The zero-order chi connectivity index (χ0) is 19.2. The second-order valence-corrected chi connectivity index (χ2v) is 6.26. The lowest BCUT2D eigenvalue weighted by atomic mass is 10.1. The molecule has 0 atom stereocenters. The van der Waals surface area contributed by atoms with Crippen molar-refractivity contribution in [3.05, 3.63) is 88.7 Å². The minimum atomic E-state index is -1.03. The number of amides is 1. The van der Waals surface area contributed by atoms with Crippen LogP contribution in [0.3, 0.4) is 0 Å². The molecule has 27 heavy (non-hydrogen) atoms. The van der Waals surface area contributed by atoms with Crippen molar-refractivity contribution in [1.29, 1.82) is 0 Å². The number of rotatable bonds is 6. The van der Waals surface area contributed by atoms with Crippen molar-refractivity contribution in [3.8, 4) is 0 Å². The Bertz CT molecular complexity index is 948. The van der Waals surface area contributed by atoms with Gasteiger partial charge in [-0.1, -0.05) is 23.7 Å². The number of halogens is 3. The molecule has 0 bridgehead atoms. The molecule has 3 aromatic rings. The molecule has 1 heterocycles. The zero-order valence-corrected chi connectivity index (χ0v) is 14.9. The number of hydrogen-bond donors (Lipinski definition) is 2. The Hall–Kier alpha value is -2.99. The van der Waals surface area contributed by atoms with Crippen LogP contribution in [0.15, 0.2) is 60.8 Å². The fourth-order valence-electron chi connectivity index (χ4n) is 2.45. The van der Waals surface area contributed by atoms with Crippen molar-refractivity contribution in [3.63, 3.8) is 0 Å². The van der Waals surface area contributed by atoms with E-state index in [-0.39, 0.29) is 11.4 Å². The van der Waals surface area contributed by atoms with Gasteiger partial charge in [-0.05, 0) is 48.4 Å². The molecule has 0 saturated heterocycles. The van der Waals surface area contributed by atoms with E-state index in [1.807, 2.05) is 24.3 Å². The largest absolute Gasteiger partial charge is 0.383 e. The fourth-order valence-corrected chi connectivity index (χ4v) is 2.66. The third-order valence-corrected chi connectivity index (χ3v) is 4.04. The number of nitrogens with zero attached hydrogens (tertiary/aromatic N) is 1. The molecule has 1 aromatic heterocycles. The highest BCUT2D eigenvalue weighted by Gasteiger charge is 2.09. The highest BCUT2D eigenvalue weighted by atomic mass is 35.5. The number of carbonyl (C=O) groups excluding carboxylic acids is 1. The van der Waals surface area contributed by atoms with E-state index in [0.29, 0.717) is 11.6 Å². The van der Waals surface area contributed by atoms with Gasteiger partial charge in [-0.15, -0.1) is 0 Å². The molecule has 0 radical (unpaired) electrons. The molecule has 0 unspecified atom stereocenters. The summed E-state index contributed by atoms with van der Waals surface area (Å²) >= 11 is 5.95. The minimum absolute atomic E-state index is 0.157. The number of anilines is 2. The number of nitrogens with one attached hydrogen (secondary N) is 2. The topological polar surface area (TPSA) is 54.0 Å². The summed E-state index contributed by atoms with van der Waals surface area (Å²) in [5, 5.41) is 6.39.